The molecule has 92 valence electrons. The SMILES string of the molecule is CN(C)CCCN(C)c1ccc(C#N)cc1Cl. The average molecular weight is 252 g/mol. The number of hydrogen-bond acceptors (Lipinski definition) is 3. The van der Waals surface area contributed by atoms with E-state index < -0.39 is 0 Å². The zero-order chi connectivity index (χ0) is 12.8. The highest BCUT2D eigenvalue weighted by Crippen LogP contribution is 2.25. The molecule has 0 aliphatic heterocycles. The van der Waals surface area contributed by atoms with Gasteiger partial charge in [0.2, 0.25) is 0 Å². The molecule has 0 N–H and O–H groups in total. The summed E-state index contributed by atoms with van der Waals surface area (Å²) in [7, 11) is 6.15. The van der Waals surface area contributed by atoms with Crippen molar-refractivity contribution < 1.29 is 0 Å². The van der Waals surface area contributed by atoms with Crippen LogP contribution in [0.3, 0.4) is 0 Å². The van der Waals surface area contributed by atoms with Gasteiger partial charge in [-0.05, 0) is 45.3 Å². The lowest BCUT2D eigenvalue weighted by atomic mass is 10.2. The highest BCUT2D eigenvalue weighted by Gasteiger charge is 2.06. The summed E-state index contributed by atoms with van der Waals surface area (Å²) in [5, 5.41) is 9.40. The first-order valence-corrected chi connectivity index (χ1v) is 5.98. The first kappa shape index (κ1) is 13.8. The second kappa shape index (κ2) is 6.48. The van der Waals surface area contributed by atoms with Gasteiger partial charge < -0.3 is 9.80 Å². The van der Waals surface area contributed by atoms with E-state index in [1.54, 1.807) is 12.1 Å². The second-order valence-corrected chi connectivity index (χ2v) is 4.76. The Morgan fingerprint density at radius 2 is 1.94 bits per heavy atom. The Balaban J connectivity index is 2.63. The maximum atomic E-state index is 8.77. The number of halogens is 1. The fourth-order valence-corrected chi connectivity index (χ4v) is 1.96. The predicted molar refractivity (Wildman–Crippen MR) is 72.6 cm³/mol. The van der Waals surface area contributed by atoms with Gasteiger partial charge in [-0.25, -0.2) is 0 Å². The molecule has 0 atom stereocenters. The van der Waals surface area contributed by atoms with Crippen molar-refractivity contribution in [1.82, 2.24) is 4.90 Å². The van der Waals surface area contributed by atoms with Gasteiger partial charge in [0.25, 0.3) is 0 Å². The number of nitrogens with zero attached hydrogens (tertiary/aromatic N) is 3. The predicted octanol–water partition coefficient (Wildman–Crippen LogP) is 2.60. The molecule has 4 heteroatoms. The van der Waals surface area contributed by atoms with Crippen molar-refractivity contribution in [2.75, 3.05) is 39.1 Å². The van der Waals surface area contributed by atoms with Crippen LogP contribution in [0.25, 0.3) is 0 Å². The van der Waals surface area contributed by atoms with E-state index >= 15 is 0 Å². The zero-order valence-electron chi connectivity index (χ0n) is 10.6. The summed E-state index contributed by atoms with van der Waals surface area (Å²) in [6.45, 7) is 2.00. The summed E-state index contributed by atoms with van der Waals surface area (Å²) >= 11 is 6.14. The Bertz CT molecular complexity index is 410. The standard InChI is InChI=1S/C13H18ClN3/c1-16(2)7-4-8-17(3)13-6-5-11(10-15)9-12(13)14/h5-6,9H,4,7-8H2,1-3H3. The van der Waals surface area contributed by atoms with Crippen LogP contribution in [0.1, 0.15) is 12.0 Å². The topological polar surface area (TPSA) is 30.3 Å². The van der Waals surface area contributed by atoms with Gasteiger partial charge in [-0.15, -0.1) is 0 Å². The third-order valence-electron chi connectivity index (χ3n) is 2.59. The largest absolute Gasteiger partial charge is 0.373 e. The molecule has 0 aromatic heterocycles. The minimum Gasteiger partial charge on any atom is -0.373 e. The molecule has 0 saturated carbocycles. The fourth-order valence-electron chi connectivity index (χ4n) is 1.63. The smallest absolute Gasteiger partial charge is 0.0992 e. The van der Waals surface area contributed by atoms with Crippen molar-refractivity contribution >= 4 is 17.3 Å². The maximum Gasteiger partial charge on any atom is 0.0992 e. The molecular formula is C13H18ClN3. The summed E-state index contributed by atoms with van der Waals surface area (Å²) in [6, 6.07) is 7.48. The Kier molecular flexibility index (Phi) is 5.27. The molecule has 0 radical (unpaired) electrons. The molecule has 0 aliphatic carbocycles. The molecule has 1 aromatic rings. The Morgan fingerprint density at radius 1 is 1.24 bits per heavy atom. The van der Waals surface area contributed by atoms with Crippen LogP contribution in [0.5, 0.6) is 0 Å². The summed E-state index contributed by atoms with van der Waals surface area (Å²) in [5.41, 5.74) is 1.57. The van der Waals surface area contributed by atoms with Crippen LogP contribution >= 0.6 is 11.6 Å². The number of anilines is 1. The van der Waals surface area contributed by atoms with Gasteiger partial charge in [-0.3, -0.25) is 0 Å². The van der Waals surface area contributed by atoms with E-state index in [-0.39, 0.29) is 0 Å². The van der Waals surface area contributed by atoms with E-state index in [0.29, 0.717) is 10.6 Å². The van der Waals surface area contributed by atoms with E-state index in [4.69, 9.17) is 16.9 Å². The maximum absolute atomic E-state index is 8.77. The average Bonchev–Trinajstić information content (AvgIpc) is 2.28. The van der Waals surface area contributed by atoms with Crippen LogP contribution in [0.2, 0.25) is 5.02 Å². The van der Waals surface area contributed by atoms with Crippen molar-refractivity contribution in [3.8, 4) is 6.07 Å². The molecule has 1 rings (SSSR count). The van der Waals surface area contributed by atoms with Crippen LogP contribution in [-0.2, 0) is 0 Å². The lowest BCUT2D eigenvalue weighted by Crippen LogP contribution is -2.23. The van der Waals surface area contributed by atoms with Gasteiger partial charge in [-0.2, -0.15) is 5.26 Å². The first-order valence-electron chi connectivity index (χ1n) is 5.60. The lowest BCUT2D eigenvalue weighted by molar-refractivity contribution is 0.401. The molecular weight excluding hydrogens is 234 g/mol. The van der Waals surface area contributed by atoms with E-state index in [2.05, 4.69) is 30.0 Å². The Hall–Kier alpha value is -1.24. The van der Waals surface area contributed by atoms with Gasteiger partial charge in [0.05, 0.1) is 22.3 Å². The fraction of sp³-hybridized carbons (Fsp3) is 0.462. The van der Waals surface area contributed by atoms with Crippen molar-refractivity contribution in [2.45, 2.75) is 6.42 Å². The molecule has 0 fully saturated rings. The van der Waals surface area contributed by atoms with Crippen LogP contribution in [0, 0.1) is 11.3 Å². The number of hydrogen-bond donors (Lipinski definition) is 0. The number of benzene rings is 1. The minimum absolute atomic E-state index is 0.598. The van der Waals surface area contributed by atoms with E-state index in [0.717, 1.165) is 25.2 Å². The third-order valence-corrected chi connectivity index (χ3v) is 2.89. The molecule has 0 saturated heterocycles. The molecule has 0 unspecified atom stereocenters. The highest BCUT2D eigenvalue weighted by molar-refractivity contribution is 6.33. The first-order chi connectivity index (χ1) is 8.04. The zero-order valence-corrected chi connectivity index (χ0v) is 11.3. The molecule has 3 nitrogen and oxygen atoms in total. The van der Waals surface area contributed by atoms with E-state index in [1.807, 2.05) is 13.1 Å². The van der Waals surface area contributed by atoms with Crippen molar-refractivity contribution in [2.24, 2.45) is 0 Å². The van der Waals surface area contributed by atoms with Crippen molar-refractivity contribution in [1.29, 1.82) is 5.26 Å². The minimum atomic E-state index is 0.598. The van der Waals surface area contributed by atoms with Gasteiger partial charge in [0.15, 0.2) is 0 Å². The number of nitriles is 1. The molecule has 17 heavy (non-hydrogen) atoms. The molecule has 0 amide bonds. The van der Waals surface area contributed by atoms with Crippen LogP contribution in [0.4, 0.5) is 5.69 Å². The Labute approximate surface area is 108 Å². The summed E-state index contributed by atoms with van der Waals surface area (Å²) in [5.74, 6) is 0. The van der Waals surface area contributed by atoms with Crippen molar-refractivity contribution in [3.05, 3.63) is 28.8 Å². The second-order valence-electron chi connectivity index (χ2n) is 4.36. The van der Waals surface area contributed by atoms with Crippen LogP contribution in [0.15, 0.2) is 18.2 Å². The van der Waals surface area contributed by atoms with Gasteiger partial charge in [0.1, 0.15) is 0 Å². The van der Waals surface area contributed by atoms with Gasteiger partial charge >= 0.3 is 0 Å². The summed E-state index contributed by atoms with van der Waals surface area (Å²) in [4.78, 5) is 4.28. The quantitative estimate of drug-likeness (QED) is 0.806. The number of rotatable bonds is 5. The molecule has 0 aliphatic rings. The molecule has 0 bridgehead atoms. The van der Waals surface area contributed by atoms with Crippen LogP contribution in [-0.4, -0.2) is 39.1 Å². The lowest BCUT2D eigenvalue weighted by Gasteiger charge is -2.21. The monoisotopic (exact) mass is 251 g/mol. The molecule has 1 aromatic carbocycles. The van der Waals surface area contributed by atoms with Crippen molar-refractivity contribution in [3.63, 3.8) is 0 Å². The van der Waals surface area contributed by atoms with E-state index in [1.165, 1.54) is 0 Å². The molecule has 0 heterocycles. The van der Waals surface area contributed by atoms with Gasteiger partial charge in [0, 0.05) is 13.6 Å². The Morgan fingerprint density at radius 3 is 2.47 bits per heavy atom. The summed E-state index contributed by atoms with van der Waals surface area (Å²) in [6.07, 6.45) is 1.08. The highest BCUT2D eigenvalue weighted by atomic mass is 35.5. The van der Waals surface area contributed by atoms with Crippen LogP contribution < -0.4 is 4.90 Å². The normalized spacial score (nSPS) is 10.4. The van der Waals surface area contributed by atoms with Gasteiger partial charge in [-0.1, -0.05) is 11.6 Å². The molecule has 0 spiro atoms. The third kappa shape index (κ3) is 4.26. The summed E-state index contributed by atoms with van der Waals surface area (Å²) < 4.78 is 0. The van der Waals surface area contributed by atoms with E-state index in [9.17, 15) is 0 Å².